The number of hydrogen-bond acceptors (Lipinski definition) is 3. The van der Waals surface area contributed by atoms with Crippen LogP contribution in [0.5, 0.6) is 0 Å². The summed E-state index contributed by atoms with van der Waals surface area (Å²) in [6.45, 7) is 6.45. The van der Waals surface area contributed by atoms with Crippen molar-refractivity contribution in [2.75, 3.05) is 18.0 Å². The summed E-state index contributed by atoms with van der Waals surface area (Å²) < 4.78 is 1.20. The summed E-state index contributed by atoms with van der Waals surface area (Å²) in [4.78, 5) is 11.8. The largest absolute Gasteiger partial charge is 0.356 e. The number of fused-ring (bicyclic) bond motifs is 1. The van der Waals surface area contributed by atoms with Gasteiger partial charge in [-0.05, 0) is 66.8 Å². The van der Waals surface area contributed by atoms with Crippen LogP contribution in [-0.4, -0.2) is 23.1 Å². The molecule has 0 atom stereocenters. The summed E-state index contributed by atoms with van der Waals surface area (Å²) >= 11 is 2.37. The minimum Gasteiger partial charge on any atom is -0.356 e. The van der Waals surface area contributed by atoms with Crippen LogP contribution in [0, 0.1) is 16.4 Å². The summed E-state index contributed by atoms with van der Waals surface area (Å²) in [5, 5.41) is 1.19. The topological polar surface area (TPSA) is 29.0 Å². The molecule has 0 radical (unpaired) electrons. The zero-order chi connectivity index (χ0) is 14.1. The van der Waals surface area contributed by atoms with E-state index in [0.717, 1.165) is 42.6 Å². The van der Waals surface area contributed by atoms with Crippen LogP contribution in [0.15, 0.2) is 18.2 Å². The molecular weight excluding hydrogens is 361 g/mol. The molecule has 1 aliphatic carbocycles. The van der Waals surface area contributed by atoms with Crippen molar-refractivity contribution in [2.24, 2.45) is 5.92 Å². The smallest absolute Gasteiger partial charge is 0.140 e. The summed E-state index contributed by atoms with van der Waals surface area (Å²) in [5.41, 5.74) is 1.09. The van der Waals surface area contributed by atoms with Crippen molar-refractivity contribution in [1.29, 1.82) is 0 Å². The Kier molecular flexibility index (Phi) is 4.10. The molecule has 4 heteroatoms. The zero-order valence-corrected chi connectivity index (χ0v) is 14.2. The third kappa shape index (κ3) is 2.90. The average Bonchev–Trinajstić information content (AvgIpc) is 3.23. The van der Waals surface area contributed by atoms with Gasteiger partial charge in [-0.25, -0.2) is 9.97 Å². The van der Waals surface area contributed by atoms with Crippen LogP contribution in [0.4, 0.5) is 5.82 Å². The van der Waals surface area contributed by atoms with Gasteiger partial charge in [0.15, 0.2) is 0 Å². The average molecular weight is 381 g/mol. The quantitative estimate of drug-likeness (QED) is 0.728. The van der Waals surface area contributed by atoms with Crippen LogP contribution < -0.4 is 4.90 Å². The maximum atomic E-state index is 4.75. The fourth-order valence-electron chi connectivity index (χ4n) is 2.62. The lowest BCUT2D eigenvalue weighted by atomic mass is 10.2. The number of para-hydroxylation sites is 1. The highest BCUT2D eigenvalue weighted by atomic mass is 127. The second kappa shape index (κ2) is 5.84. The van der Waals surface area contributed by atoms with Crippen LogP contribution >= 0.6 is 22.6 Å². The number of aromatic nitrogens is 2. The number of anilines is 1. The van der Waals surface area contributed by atoms with Gasteiger partial charge in [0, 0.05) is 22.0 Å². The van der Waals surface area contributed by atoms with E-state index >= 15 is 0 Å². The van der Waals surface area contributed by atoms with Gasteiger partial charge in [-0.2, -0.15) is 0 Å². The Hall–Kier alpha value is -0.910. The minimum absolute atomic E-state index is 0.869. The second-order valence-corrected chi connectivity index (χ2v) is 6.78. The first-order valence-electron chi connectivity index (χ1n) is 7.37. The monoisotopic (exact) mass is 381 g/mol. The van der Waals surface area contributed by atoms with Gasteiger partial charge in [0.05, 0.1) is 5.52 Å². The van der Waals surface area contributed by atoms with Crippen molar-refractivity contribution < 1.29 is 0 Å². The highest BCUT2D eigenvalue weighted by Gasteiger charge is 2.25. The number of rotatable bonds is 5. The SMILES string of the molecule is CCCN(CC1CC1)c1nc(C)nc2c(I)cccc12. The van der Waals surface area contributed by atoms with E-state index in [1.165, 1.54) is 21.8 Å². The zero-order valence-electron chi connectivity index (χ0n) is 12.1. The van der Waals surface area contributed by atoms with Crippen molar-refractivity contribution >= 4 is 39.3 Å². The second-order valence-electron chi connectivity index (χ2n) is 5.62. The van der Waals surface area contributed by atoms with E-state index in [4.69, 9.17) is 4.98 Å². The van der Waals surface area contributed by atoms with Crippen molar-refractivity contribution in [3.05, 3.63) is 27.6 Å². The number of nitrogens with zero attached hydrogens (tertiary/aromatic N) is 3. The van der Waals surface area contributed by atoms with E-state index in [-0.39, 0.29) is 0 Å². The lowest BCUT2D eigenvalue weighted by molar-refractivity contribution is 0.699. The molecule has 1 aromatic heterocycles. The Morgan fingerprint density at radius 3 is 2.80 bits per heavy atom. The Bertz CT molecular complexity index is 622. The first-order valence-corrected chi connectivity index (χ1v) is 8.44. The lowest BCUT2D eigenvalue weighted by Gasteiger charge is -2.25. The van der Waals surface area contributed by atoms with Crippen LogP contribution in [0.2, 0.25) is 0 Å². The molecule has 0 saturated heterocycles. The molecule has 0 N–H and O–H groups in total. The molecule has 2 aromatic rings. The summed E-state index contributed by atoms with van der Waals surface area (Å²) in [5.74, 6) is 2.86. The van der Waals surface area contributed by atoms with Crippen LogP contribution in [-0.2, 0) is 0 Å². The van der Waals surface area contributed by atoms with E-state index in [1.807, 2.05) is 6.92 Å². The molecule has 3 nitrogen and oxygen atoms in total. The maximum Gasteiger partial charge on any atom is 0.140 e. The molecule has 20 heavy (non-hydrogen) atoms. The Labute approximate surface area is 133 Å². The molecule has 0 amide bonds. The van der Waals surface area contributed by atoms with Gasteiger partial charge in [-0.15, -0.1) is 0 Å². The van der Waals surface area contributed by atoms with Crippen LogP contribution in [0.3, 0.4) is 0 Å². The van der Waals surface area contributed by atoms with E-state index in [9.17, 15) is 0 Å². The Morgan fingerprint density at radius 1 is 1.30 bits per heavy atom. The van der Waals surface area contributed by atoms with E-state index in [2.05, 4.69) is 57.6 Å². The highest BCUT2D eigenvalue weighted by Crippen LogP contribution is 2.33. The molecule has 0 bridgehead atoms. The van der Waals surface area contributed by atoms with Gasteiger partial charge in [0.1, 0.15) is 11.6 Å². The predicted molar refractivity (Wildman–Crippen MR) is 92.2 cm³/mol. The van der Waals surface area contributed by atoms with Gasteiger partial charge in [0.25, 0.3) is 0 Å². The molecule has 0 unspecified atom stereocenters. The third-order valence-electron chi connectivity index (χ3n) is 3.74. The summed E-state index contributed by atoms with van der Waals surface area (Å²) in [6, 6.07) is 6.37. The van der Waals surface area contributed by atoms with Crippen LogP contribution in [0.1, 0.15) is 32.0 Å². The molecular formula is C16H20IN3. The first-order chi connectivity index (χ1) is 9.69. The molecule has 1 aromatic carbocycles. The van der Waals surface area contributed by atoms with Crippen molar-refractivity contribution in [3.8, 4) is 0 Å². The number of hydrogen-bond donors (Lipinski definition) is 0. The number of benzene rings is 1. The molecule has 0 spiro atoms. The van der Waals surface area contributed by atoms with Gasteiger partial charge in [-0.3, -0.25) is 0 Å². The van der Waals surface area contributed by atoms with E-state index < -0.39 is 0 Å². The Balaban J connectivity index is 2.09. The maximum absolute atomic E-state index is 4.75. The third-order valence-corrected chi connectivity index (χ3v) is 4.61. The van der Waals surface area contributed by atoms with Gasteiger partial charge in [0.2, 0.25) is 0 Å². The van der Waals surface area contributed by atoms with Gasteiger partial charge < -0.3 is 4.90 Å². The van der Waals surface area contributed by atoms with Gasteiger partial charge >= 0.3 is 0 Å². The Morgan fingerprint density at radius 2 is 2.10 bits per heavy atom. The summed E-state index contributed by atoms with van der Waals surface area (Å²) in [7, 11) is 0. The molecule has 1 saturated carbocycles. The van der Waals surface area contributed by atoms with Crippen LogP contribution in [0.25, 0.3) is 10.9 Å². The highest BCUT2D eigenvalue weighted by molar-refractivity contribution is 14.1. The van der Waals surface area contributed by atoms with Crippen molar-refractivity contribution in [3.63, 3.8) is 0 Å². The first kappa shape index (κ1) is 14.0. The molecule has 1 heterocycles. The number of halogens is 1. The normalized spacial score (nSPS) is 14.8. The standard InChI is InChI=1S/C16H20IN3/c1-3-9-20(10-12-7-8-12)16-13-5-4-6-14(17)15(13)18-11(2)19-16/h4-6,12H,3,7-10H2,1-2H3. The van der Waals surface area contributed by atoms with E-state index in [1.54, 1.807) is 0 Å². The van der Waals surface area contributed by atoms with Crippen molar-refractivity contribution in [2.45, 2.75) is 33.1 Å². The molecule has 3 rings (SSSR count). The number of aryl methyl sites for hydroxylation is 1. The fourth-order valence-corrected chi connectivity index (χ4v) is 3.24. The molecule has 1 aliphatic rings. The molecule has 0 aliphatic heterocycles. The summed E-state index contributed by atoms with van der Waals surface area (Å²) in [6.07, 6.45) is 3.90. The van der Waals surface area contributed by atoms with Crippen molar-refractivity contribution in [1.82, 2.24) is 9.97 Å². The molecule has 106 valence electrons. The predicted octanol–water partition coefficient (Wildman–Crippen LogP) is 4.17. The minimum atomic E-state index is 0.869. The lowest BCUT2D eigenvalue weighted by Crippen LogP contribution is -2.28. The molecule has 1 fully saturated rings. The van der Waals surface area contributed by atoms with E-state index in [0.29, 0.717) is 0 Å². The fraction of sp³-hybridized carbons (Fsp3) is 0.500. The van der Waals surface area contributed by atoms with Gasteiger partial charge in [-0.1, -0.05) is 13.0 Å².